The molecule has 1 aliphatic carbocycles. The predicted octanol–water partition coefficient (Wildman–Crippen LogP) is 0.561. The lowest BCUT2D eigenvalue weighted by molar-refractivity contribution is -0.123. The average Bonchev–Trinajstić information content (AvgIpc) is 3.02. The molecular formula is C16H23N3O4. The molecule has 126 valence electrons. The van der Waals surface area contributed by atoms with Gasteiger partial charge in [-0.2, -0.15) is 0 Å². The molecule has 0 bridgehead atoms. The maximum Gasteiger partial charge on any atom is 0.252 e. The van der Waals surface area contributed by atoms with Crippen LogP contribution in [0.25, 0.3) is 0 Å². The first-order valence-corrected chi connectivity index (χ1v) is 7.66. The van der Waals surface area contributed by atoms with Crippen LogP contribution in [0.4, 0.5) is 0 Å². The van der Waals surface area contributed by atoms with Crippen LogP contribution in [0.2, 0.25) is 0 Å². The molecule has 0 atom stereocenters. The standard InChI is InChI=1S/C16H23N3O4/c1-22-12-5-4-11(10-13(12)23-9-8-17)14(20)19-16(15(18)21)6-2-3-7-16/h4-5,10H,2-3,6-9,17H2,1H3,(H2,18,21)(H,19,20). The van der Waals surface area contributed by atoms with Crippen molar-refractivity contribution in [1.29, 1.82) is 0 Å². The minimum Gasteiger partial charge on any atom is -0.493 e. The van der Waals surface area contributed by atoms with E-state index in [-0.39, 0.29) is 5.91 Å². The number of amides is 2. The van der Waals surface area contributed by atoms with E-state index in [1.165, 1.54) is 7.11 Å². The molecule has 0 spiro atoms. The van der Waals surface area contributed by atoms with Crippen LogP contribution in [0.1, 0.15) is 36.0 Å². The molecule has 2 amide bonds. The van der Waals surface area contributed by atoms with Gasteiger partial charge in [0, 0.05) is 12.1 Å². The number of nitrogens with two attached hydrogens (primary N) is 2. The van der Waals surface area contributed by atoms with Gasteiger partial charge in [-0.3, -0.25) is 9.59 Å². The van der Waals surface area contributed by atoms with Crippen LogP contribution in [0, 0.1) is 0 Å². The Hall–Kier alpha value is -2.28. The molecule has 1 aromatic carbocycles. The van der Waals surface area contributed by atoms with Gasteiger partial charge in [-0.1, -0.05) is 12.8 Å². The molecule has 0 aromatic heterocycles. The van der Waals surface area contributed by atoms with Crippen molar-refractivity contribution in [3.8, 4) is 11.5 Å². The maximum absolute atomic E-state index is 12.5. The summed E-state index contributed by atoms with van der Waals surface area (Å²) in [6, 6.07) is 4.84. The number of nitrogens with one attached hydrogen (secondary N) is 1. The third kappa shape index (κ3) is 3.73. The van der Waals surface area contributed by atoms with Gasteiger partial charge in [0.15, 0.2) is 11.5 Å². The molecule has 0 heterocycles. The molecule has 0 radical (unpaired) electrons. The van der Waals surface area contributed by atoms with Crippen molar-refractivity contribution in [1.82, 2.24) is 5.32 Å². The molecular weight excluding hydrogens is 298 g/mol. The summed E-state index contributed by atoms with van der Waals surface area (Å²) in [4.78, 5) is 24.2. The molecule has 2 rings (SSSR count). The number of hydrogen-bond acceptors (Lipinski definition) is 5. The van der Waals surface area contributed by atoms with Crippen LogP contribution < -0.4 is 26.3 Å². The SMILES string of the molecule is COc1ccc(C(=O)NC2(C(N)=O)CCCC2)cc1OCCN. The normalized spacial score (nSPS) is 15.9. The van der Waals surface area contributed by atoms with Gasteiger partial charge in [-0.05, 0) is 31.0 Å². The summed E-state index contributed by atoms with van der Waals surface area (Å²) in [5, 5.41) is 2.79. The van der Waals surface area contributed by atoms with Crippen molar-refractivity contribution in [2.24, 2.45) is 11.5 Å². The van der Waals surface area contributed by atoms with Crippen LogP contribution >= 0.6 is 0 Å². The van der Waals surface area contributed by atoms with Crippen molar-refractivity contribution < 1.29 is 19.1 Å². The molecule has 7 nitrogen and oxygen atoms in total. The topological polar surface area (TPSA) is 117 Å². The van der Waals surface area contributed by atoms with E-state index in [4.69, 9.17) is 20.9 Å². The largest absolute Gasteiger partial charge is 0.493 e. The highest BCUT2D eigenvalue weighted by molar-refractivity contribution is 5.99. The molecule has 5 N–H and O–H groups in total. The third-order valence-electron chi connectivity index (χ3n) is 4.08. The number of methoxy groups -OCH3 is 1. The number of benzene rings is 1. The van der Waals surface area contributed by atoms with Gasteiger partial charge in [-0.15, -0.1) is 0 Å². The summed E-state index contributed by atoms with van der Waals surface area (Å²) < 4.78 is 10.7. The zero-order valence-corrected chi connectivity index (χ0v) is 13.3. The van der Waals surface area contributed by atoms with Gasteiger partial charge >= 0.3 is 0 Å². The van der Waals surface area contributed by atoms with Gasteiger partial charge in [-0.25, -0.2) is 0 Å². The zero-order valence-electron chi connectivity index (χ0n) is 13.3. The average molecular weight is 321 g/mol. The van der Waals surface area contributed by atoms with Crippen LogP contribution in [0.15, 0.2) is 18.2 Å². The lowest BCUT2D eigenvalue weighted by atomic mass is 9.96. The Balaban J connectivity index is 2.20. The van der Waals surface area contributed by atoms with E-state index in [0.29, 0.717) is 43.1 Å². The fraction of sp³-hybridized carbons (Fsp3) is 0.500. The second kappa shape index (κ2) is 7.32. The van der Waals surface area contributed by atoms with E-state index in [1.54, 1.807) is 18.2 Å². The summed E-state index contributed by atoms with van der Waals surface area (Å²) >= 11 is 0. The molecule has 0 aliphatic heterocycles. The maximum atomic E-state index is 12.5. The summed E-state index contributed by atoms with van der Waals surface area (Å²) in [5.74, 6) is 0.105. The highest BCUT2D eigenvalue weighted by Gasteiger charge is 2.41. The first-order chi connectivity index (χ1) is 11.0. The van der Waals surface area contributed by atoms with Crippen LogP contribution in [-0.2, 0) is 4.79 Å². The predicted molar refractivity (Wildman–Crippen MR) is 85.4 cm³/mol. The second-order valence-corrected chi connectivity index (χ2v) is 5.61. The van der Waals surface area contributed by atoms with Gasteiger partial charge in [0.2, 0.25) is 5.91 Å². The van der Waals surface area contributed by atoms with Crippen molar-refractivity contribution in [2.75, 3.05) is 20.3 Å². The summed E-state index contributed by atoms with van der Waals surface area (Å²) in [7, 11) is 1.52. The van der Waals surface area contributed by atoms with Crippen molar-refractivity contribution in [3.63, 3.8) is 0 Å². The summed E-state index contributed by atoms with van der Waals surface area (Å²) in [6.07, 6.45) is 2.88. The number of rotatable bonds is 7. The third-order valence-corrected chi connectivity index (χ3v) is 4.08. The second-order valence-electron chi connectivity index (χ2n) is 5.61. The molecule has 1 aliphatic rings. The number of ether oxygens (including phenoxy) is 2. The molecule has 0 saturated heterocycles. The van der Waals surface area contributed by atoms with E-state index in [2.05, 4.69) is 5.32 Å². The van der Waals surface area contributed by atoms with Gasteiger partial charge in [0.1, 0.15) is 12.1 Å². The molecule has 1 saturated carbocycles. The van der Waals surface area contributed by atoms with Gasteiger partial charge in [0.05, 0.1) is 7.11 Å². The van der Waals surface area contributed by atoms with E-state index in [0.717, 1.165) is 12.8 Å². The minimum atomic E-state index is -0.949. The Morgan fingerprint density at radius 3 is 2.52 bits per heavy atom. The van der Waals surface area contributed by atoms with Crippen molar-refractivity contribution >= 4 is 11.8 Å². The lowest BCUT2D eigenvalue weighted by Gasteiger charge is -2.26. The summed E-state index contributed by atoms with van der Waals surface area (Å²) in [6.45, 7) is 0.664. The molecule has 1 fully saturated rings. The van der Waals surface area contributed by atoms with Crippen LogP contribution in [0.3, 0.4) is 0 Å². The van der Waals surface area contributed by atoms with Crippen LogP contribution in [-0.4, -0.2) is 37.6 Å². The Morgan fingerprint density at radius 2 is 1.96 bits per heavy atom. The first-order valence-electron chi connectivity index (χ1n) is 7.66. The van der Waals surface area contributed by atoms with E-state index in [9.17, 15) is 9.59 Å². The fourth-order valence-corrected chi connectivity index (χ4v) is 2.80. The highest BCUT2D eigenvalue weighted by Crippen LogP contribution is 2.31. The monoisotopic (exact) mass is 321 g/mol. The van der Waals surface area contributed by atoms with Crippen molar-refractivity contribution in [2.45, 2.75) is 31.2 Å². The first kappa shape index (κ1) is 17.1. The quantitative estimate of drug-likeness (QED) is 0.678. The highest BCUT2D eigenvalue weighted by atomic mass is 16.5. The van der Waals surface area contributed by atoms with E-state index < -0.39 is 11.4 Å². The molecule has 0 unspecified atom stereocenters. The number of carbonyl (C=O) groups excluding carboxylic acids is 2. The van der Waals surface area contributed by atoms with Crippen LogP contribution in [0.5, 0.6) is 11.5 Å². The Bertz CT molecular complexity index is 583. The lowest BCUT2D eigenvalue weighted by Crippen LogP contribution is -2.55. The number of carbonyl (C=O) groups is 2. The fourth-order valence-electron chi connectivity index (χ4n) is 2.80. The smallest absolute Gasteiger partial charge is 0.252 e. The Labute approximate surface area is 135 Å². The van der Waals surface area contributed by atoms with Crippen molar-refractivity contribution in [3.05, 3.63) is 23.8 Å². The van der Waals surface area contributed by atoms with Gasteiger partial charge in [0.25, 0.3) is 5.91 Å². The van der Waals surface area contributed by atoms with E-state index in [1.807, 2.05) is 0 Å². The number of primary amides is 1. The number of hydrogen-bond donors (Lipinski definition) is 3. The molecule has 7 heteroatoms. The van der Waals surface area contributed by atoms with E-state index >= 15 is 0 Å². The minimum absolute atomic E-state index is 0.312. The van der Waals surface area contributed by atoms with Gasteiger partial charge < -0.3 is 26.3 Å². The molecule has 1 aromatic rings. The Kier molecular flexibility index (Phi) is 5.44. The Morgan fingerprint density at radius 1 is 1.26 bits per heavy atom. The summed E-state index contributed by atoms with van der Waals surface area (Å²) in [5.41, 5.74) is 10.3. The molecule has 23 heavy (non-hydrogen) atoms. The zero-order chi connectivity index (χ0) is 16.9.